The zero-order valence-electron chi connectivity index (χ0n) is 35.0. The number of nitrogens with zero attached hydrogens (tertiary/aromatic N) is 8. The Hall–Kier alpha value is -6.20. The number of carbonyl (C=O) groups excluding carboxylic acids is 4. The summed E-state index contributed by atoms with van der Waals surface area (Å²) in [6.45, 7) is 11.5. The van der Waals surface area contributed by atoms with Crippen LogP contribution < -0.4 is 16.0 Å². The molecule has 3 fully saturated rings. The molecule has 9 rings (SSSR count). The number of carbonyl (C=O) groups is 4. The Kier molecular flexibility index (Phi) is 11.2. The van der Waals surface area contributed by atoms with Gasteiger partial charge in [0.2, 0.25) is 17.8 Å². The average Bonchev–Trinajstić information content (AvgIpc) is 3.72. The van der Waals surface area contributed by atoms with Gasteiger partial charge in [-0.2, -0.15) is 0 Å². The number of benzene rings is 2. The Bertz CT molecular complexity index is 2570. The van der Waals surface area contributed by atoms with E-state index in [2.05, 4.69) is 45.7 Å². The zero-order chi connectivity index (χ0) is 43.2. The molecule has 4 aliphatic rings. The number of anilines is 3. The molecule has 7 heterocycles. The zero-order valence-corrected chi connectivity index (χ0v) is 35.0. The summed E-state index contributed by atoms with van der Waals surface area (Å²) in [5.74, 6) is -1.33. The molecular formula is C45H49F2N11O4. The summed E-state index contributed by atoms with van der Waals surface area (Å²) in [7, 11) is 0. The predicted octanol–water partition coefficient (Wildman–Crippen LogP) is 5.99. The minimum atomic E-state index is -0.987. The van der Waals surface area contributed by atoms with Gasteiger partial charge in [-0.25, -0.2) is 28.7 Å². The van der Waals surface area contributed by atoms with E-state index in [0.717, 1.165) is 87.3 Å². The summed E-state index contributed by atoms with van der Waals surface area (Å²) in [6, 6.07) is 11.2. The molecule has 0 saturated carbocycles. The molecule has 2 atom stereocenters. The Labute approximate surface area is 357 Å². The van der Waals surface area contributed by atoms with E-state index in [0.29, 0.717) is 28.6 Å². The highest BCUT2D eigenvalue weighted by Gasteiger charge is 2.44. The summed E-state index contributed by atoms with van der Waals surface area (Å²) in [5.41, 5.74) is 3.46. The van der Waals surface area contributed by atoms with Gasteiger partial charge in [-0.05, 0) is 120 Å². The van der Waals surface area contributed by atoms with Crippen LogP contribution in [0.3, 0.4) is 0 Å². The minimum absolute atomic E-state index is 0.0228. The molecule has 4 aliphatic heterocycles. The lowest BCUT2D eigenvalue weighted by Crippen LogP contribution is -2.54. The van der Waals surface area contributed by atoms with Crippen LogP contribution in [-0.2, 0) is 16.1 Å². The van der Waals surface area contributed by atoms with Gasteiger partial charge in [0.15, 0.2) is 11.6 Å². The fraction of sp³-hybridized carbons (Fsp3) is 0.422. The molecule has 0 aliphatic carbocycles. The van der Waals surface area contributed by atoms with E-state index in [9.17, 15) is 19.2 Å². The van der Waals surface area contributed by atoms with E-state index in [1.165, 1.54) is 6.07 Å². The van der Waals surface area contributed by atoms with Gasteiger partial charge in [-0.3, -0.25) is 34.3 Å². The molecule has 2 unspecified atom stereocenters. The second-order valence-electron chi connectivity index (χ2n) is 17.2. The summed E-state index contributed by atoms with van der Waals surface area (Å²) in [5, 5.41) is 8.90. The van der Waals surface area contributed by atoms with Crippen LogP contribution in [-0.4, -0.2) is 108 Å². The summed E-state index contributed by atoms with van der Waals surface area (Å²) in [4.78, 5) is 74.0. The van der Waals surface area contributed by atoms with Crippen LogP contribution in [0, 0.1) is 24.5 Å². The number of hydrogen-bond acceptors (Lipinski definition) is 12. The van der Waals surface area contributed by atoms with E-state index >= 15 is 8.78 Å². The van der Waals surface area contributed by atoms with Gasteiger partial charge in [0.05, 0.1) is 22.8 Å². The largest absolute Gasteiger partial charge is 0.381 e. The number of pyridine rings is 1. The molecule has 5 aromatic rings. The Morgan fingerprint density at radius 1 is 0.855 bits per heavy atom. The molecule has 3 saturated heterocycles. The first-order chi connectivity index (χ1) is 29.9. The summed E-state index contributed by atoms with van der Waals surface area (Å²) in [6.07, 6.45) is 7.32. The number of halogens is 2. The fourth-order valence-electron chi connectivity index (χ4n) is 9.48. The first kappa shape index (κ1) is 41.2. The Morgan fingerprint density at radius 2 is 1.66 bits per heavy atom. The number of likely N-dealkylation sites (tertiary alicyclic amines) is 2. The maximum Gasteiger partial charge on any atom is 0.262 e. The molecule has 0 radical (unpaired) electrons. The number of imide groups is 2. The number of nitrogens with one attached hydrogen (secondary N) is 3. The van der Waals surface area contributed by atoms with Crippen molar-refractivity contribution in [3.63, 3.8) is 0 Å². The van der Waals surface area contributed by atoms with Gasteiger partial charge in [-0.15, -0.1) is 0 Å². The molecule has 4 amide bonds. The number of piperidine rings is 3. The number of fused-ring (bicyclic) bond motifs is 2. The molecule has 3 N–H and O–H groups in total. The molecule has 62 heavy (non-hydrogen) atoms. The maximum absolute atomic E-state index is 15.2. The van der Waals surface area contributed by atoms with E-state index in [-0.39, 0.29) is 53.2 Å². The second kappa shape index (κ2) is 16.9. The van der Waals surface area contributed by atoms with Crippen molar-refractivity contribution < 1.29 is 28.0 Å². The monoisotopic (exact) mass is 845 g/mol. The predicted molar refractivity (Wildman–Crippen MR) is 228 cm³/mol. The molecule has 322 valence electrons. The molecule has 2 aromatic carbocycles. The van der Waals surface area contributed by atoms with Gasteiger partial charge >= 0.3 is 0 Å². The molecule has 15 nitrogen and oxygen atoms in total. The number of hydrogen-bond donors (Lipinski definition) is 3. The minimum Gasteiger partial charge on any atom is -0.381 e. The van der Waals surface area contributed by atoms with Crippen LogP contribution in [0.25, 0.3) is 22.3 Å². The van der Waals surface area contributed by atoms with Crippen molar-refractivity contribution in [2.75, 3.05) is 43.4 Å². The van der Waals surface area contributed by atoms with Crippen LogP contribution in [0.2, 0.25) is 0 Å². The van der Waals surface area contributed by atoms with Gasteiger partial charge in [-0.1, -0.05) is 6.07 Å². The molecule has 0 spiro atoms. The number of amides is 4. The highest BCUT2D eigenvalue weighted by molar-refractivity contribution is 6.23. The third-order valence-electron chi connectivity index (χ3n) is 12.5. The van der Waals surface area contributed by atoms with Crippen LogP contribution in [0.4, 0.5) is 26.2 Å². The van der Waals surface area contributed by atoms with Crippen molar-refractivity contribution in [2.24, 2.45) is 5.92 Å². The SMILES string of the molecule is Cc1nc2c(F)cc(-c3nc(Nc4ccc(CN5CCC(CN6CCCC(Nc7ccc8c(c7)C(=O)N(C7CCC(=O)NC7=O)C8=O)C6)CC5)cn4)ncc3F)cc2n1C(C)C. The smallest absolute Gasteiger partial charge is 0.262 e. The average molecular weight is 846 g/mol. The third-order valence-corrected chi connectivity index (χ3v) is 12.5. The standard InChI is InChI=1S/C45H49F2N11O4/c1-25(2)57-26(3)50-41-34(46)17-29(18-37(41)57)40-35(47)21-49-45(54-40)52-38-10-6-28(20-48-38)23-55-15-12-27(13-16-55)22-56-14-4-5-31(24-56)51-30-7-8-32-33(19-30)44(62)58(43(32)61)36-9-11-39(59)53-42(36)60/h6-8,10,17-21,25,27,31,36,51H,4-5,9,11-16,22-24H2,1-3H3,(H,53,59,60)(H,48,49,52,54). The lowest BCUT2D eigenvalue weighted by Gasteiger charge is -2.38. The van der Waals surface area contributed by atoms with Gasteiger partial charge in [0, 0.05) is 55.6 Å². The van der Waals surface area contributed by atoms with Crippen LogP contribution >= 0.6 is 0 Å². The highest BCUT2D eigenvalue weighted by Crippen LogP contribution is 2.33. The normalized spacial score (nSPS) is 20.3. The lowest BCUT2D eigenvalue weighted by atomic mass is 9.94. The van der Waals surface area contributed by atoms with Gasteiger partial charge < -0.3 is 20.1 Å². The van der Waals surface area contributed by atoms with E-state index in [4.69, 9.17) is 0 Å². The maximum atomic E-state index is 15.2. The Morgan fingerprint density at radius 3 is 2.42 bits per heavy atom. The quantitative estimate of drug-likeness (QED) is 0.133. The first-order valence-electron chi connectivity index (χ1n) is 21.4. The van der Waals surface area contributed by atoms with Crippen LogP contribution in [0.5, 0.6) is 0 Å². The van der Waals surface area contributed by atoms with Gasteiger partial charge in [0.1, 0.15) is 28.9 Å². The van der Waals surface area contributed by atoms with Crippen molar-refractivity contribution in [3.05, 3.63) is 89.0 Å². The number of aromatic nitrogens is 5. The van der Waals surface area contributed by atoms with Crippen LogP contribution in [0.1, 0.15) is 90.5 Å². The molecular weight excluding hydrogens is 797 g/mol. The van der Waals surface area contributed by atoms with Gasteiger partial charge in [0.25, 0.3) is 11.8 Å². The van der Waals surface area contributed by atoms with E-state index < -0.39 is 41.3 Å². The highest BCUT2D eigenvalue weighted by atomic mass is 19.1. The number of rotatable bonds is 11. The fourth-order valence-corrected chi connectivity index (χ4v) is 9.48. The molecule has 17 heteroatoms. The topological polar surface area (TPSA) is 171 Å². The van der Waals surface area contributed by atoms with E-state index in [1.807, 2.05) is 49.7 Å². The summed E-state index contributed by atoms with van der Waals surface area (Å²) < 4.78 is 32.1. The Balaban J connectivity index is 0.751. The number of imidazole rings is 1. The van der Waals surface area contributed by atoms with Crippen molar-refractivity contribution in [2.45, 2.75) is 84.0 Å². The van der Waals surface area contributed by atoms with Crippen LogP contribution in [0.15, 0.2) is 54.9 Å². The second-order valence-corrected chi connectivity index (χ2v) is 17.2. The van der Waals surface area contributed by atoms with Crippen molar-refractivity contribution in [1.29, 1.82) is 0 Å². The molecule has 3 aromatic heterocycles. The number of aryl methyl sites for hydroxylation is 1. The van der Waals surface area contributed by atoms with Crippen molar-refractivity contribution in [3.8, 4) is 11.3 Å². The third kappa shape index (κ3) is 8.25. The summed E-state index contributed by atoms with van der Waals surface area (Å²) >= 11 is 0. The first-order valence-corrected chi connectivity index (χ1v) is 21.4. The molecule has 0 bridgehead atoms. The van der Waals surface area contributed by atoms with E-state index in [1.54, 1.807) is 18.2 Å². The lowest BCUT2D eigenvalue weighted by molar-refractivity contribution is -0.136. The van der Waals surface area contributed by atoms with Crippen molar-refractivity contribution >= 4 is 52.1 Å². The van der Waals surface area contributed by atoms with Crippen molar-refractivity contribution in [1.82, 2.24) is 44.5 Å².